The first-order chi connectivity index (χ1) is 7.72. The van der Waals surface area contributed by atoms with Crippen molar-refractivity contribution in [3.8, 4) is 0 Å². The molecule has 1 aromatic heterocycles. The molecule has 0 saturated heterocycles. The van der Waals surface area contributed by atoms with Crippen LogP contribution in [0.4, 0.5) is 0 Å². The van der Waals surface area contributed by atoms with Gasteiger partial charge in [-0.3, -0.25) is 0 Å². The van der Waals surface area contributed by atoms with E-state index in [0.29, 0.717) is 5.92 Å². The van der Waals surface area contributed by atoms with Crippen LogP contribution in [0.1, 0.15) is 56.1 Å². The lowest BCUT2D eigenvalue weighted by atomic mass is 9.79. The van der Waals surface area contributed by atoms with E-state index < -0.39 is 0 Å². The minimum Gasteiger partial charge on any atom is -0.323 e. The Hall–Kier alpha value is -0.480. The highest BCUT2D eigenvalue weighted by Gasteiger charge is 2.27. The van der Waals surface area contributed by atoms with E-state index in [9.17, 15) is 0 Å². The second-order valence-electron chi connectivity index (χ2n) is 4.98. The average molecular weight is 239 g/mol. The van der Waals surface area contributed by atoms with Gasteiger partial charge in [0.15, 0.2) is 0 Å². The SMILES string of the molecule is CCc1nnsc1C(N)C1CCC(C)CC1. The topological polar surface area (TPSA) is 51.8 Å². The van der Waals surface area contributed by atoms with Crippen molar-refractivity contribution in [2.45, 2.75) is 52.0 Å². The van der Waals surface area contributed by atoms with Crippen LogP contribution in [-0.2, 0) is 6.42 Å². The van der Waals surface area contributed by atoms with Gasteiger partial charge in [-0.2, -0.15) is 0 Å². The minimum atomic E-state index is 0.169. The number of hydrogen-bond donors (Lipinski definition) is 1. The van der Waals surface area contributed by atoms with Crippen LogP contribution >= 0.6 is 11.5 Å². The van der Waals surface area contributed by atoms with Crippen molar-refractivity contribution in [3.63, 3.8) is 0 Å². The highest BCUT2D eigenvalue weighted by molar-refractivity contribution is 7.05. The second kappa shape index (κ2) is 5.23. The molecule has 1 aliphatic rings. The fourth-order valence-electron chi connectivity index (χ4n) is 2.57. The summed E-state index contributed by atoms with van der Waals surface area (Å²) in [5.41, 5.74) is 7.47. The lowest BCUT2D eigenvalue weighted by molar-refractivity contribution is 0.257. The quantitative estimate of drug-likeness (QED) is 0.882. The molecule has 0 spiro atoms. The summed E-state index contributed by atoms with van der Waals surface area (Å²) < 4.78 is 4.04. The van der Waals surface area contributed by atoms with Crippen LogP contribution in [-0.4, -0.2) is 9.59 Å². The molecular weight excluding hydrogens is 218 g/mol. The van der Waals surface area contributed by atoms with Crippen molar-refractivity contribution in [2.24, 2.45) is 17.6 Å². The Bertz CT molecular complexity index is 329. The van der Waals surface area contributed by atoms with Crippen molar-refractivity contribution in [3.05, 3.63) is 10.6 Å². The largest absolute Gasteiger partial charge is 0.323 e. The summed E-state index contributed by atoms with van der Waals surface area (Å²) in [4.78, 5) is 1.22. The first kappa shape index (κ1) is 12.0. The molecule has 1 heterocycles. The van der Waals surface area contributed by atoms with Gasteiger partial charge in [0.25, 0.3) is 0 Å². The summed E-state index contributed by atoms with van der Waals surface area (Å²) in [5, 5.41) is 4.15. The van der Waals surface area contributed by atoms with Gasteiger partial charge in [0.1, 0.15) is 0 Å². The van der Waals surface area contributed by atoms with Gasteiger partial charge in [-0.05, 0) is 42.6 Å². The van der Waals surface area contributed by atoms with E-state index in [4.69, 9.17) is 5.73 Å². The Morgan fingerprint density at radius 2 is 2.06 bits per heavy atom. The number of aromatic nitrogens is 2. The van der Waals surface area contributed by atoms with E-state index in [2.05, 4.69) is 23.4 Å². The molecule has 1 saturated carbocycles. The molecule has 0 amide bonds. The van der Waals surface area contributed by atoms with Gasteiger partial charge in [0, 0.05) is 6.04 Å². The van der Waals surface area contributed by atoms with Gasteiger partial charge in [0.05, 0.1) is 10.6 Å². The number of hydrogen-bond acceptors (Lipinski definition) is 4. The second-order valence-corrected chi connectivity index (χ2v) is 5.77. The third-order valence-corrected chi connectivity index (χ3v) is 4.66. The minimum absolute atomic E-state index is 0.169. The Morgan fingerprint density at radius 1 is 1.38 bits per heavy atom. The molecule has 1 atom stereocenters. The average Bonchev–Trinajstić information content (AvgIpc) is 2.77. The van der Waals surface area contributed by atoms with Gasteiger partial charge < -0.3 is 5.73 Å². The predicted octanol–water partition coefficient (Wildman–Crippen LogP) is 2.93. The smallest absolute Gasteiger partial charge is 0.0801 e. The molecule has 90 valence electrons. The highest BCUT2D eigenvalue weighted by atomic mass is 32.1. The van der Waals surface area contributed by atoms with Crippen LogP contribution in [0, 0.1) is 11.8 Å². The van der Waals surface area contributed by atoms with Crippen molar-refractivity contribution in [1.29, 1.82) is 0 Å². The van der Waals surface area contributed by atoms with Gasteiger partial charge in [-0.25, -0.2) is 0 Å². The molecule has 1 aliphatic carbocycles. The van der Waals surface area contributed by atoms with E-state index in [1.807, 2.05) is 0 Å². The molecule has 1 aromatic rings. The Kier molecular flexibility index (Phi) is 3.92. The zero-order valence-electron chi connectivity index (χ0n) is 10.1. The van der Waals surface area contributed by atoms with Crippen molar-refractivity contribution in [2.75, 3.05) is 0 Å². The zero-order chi connectivity index (χ0) is 11.5. The molecular formula is C12H21N3S. The van der Waals surface area contributed by atoms with Crippen LogP contribution in [0.2, 0.25) is 0 Å². The number of aryl methyl sites for hydroxylation is 1. The third-order valence-electron chi connectivity index (χ3n) is 3.79. The van der Waals surface area contributed by atoms with E-state index >= 15 is 0 Å². The monoisotopic (exact) mass is 239 g/mol. The van der Waals surface area contributed by atoms with Gasteiger partial charge in [-0.1, -0.05) is 31.2 Å². The van der Waals surface area contributed by atoms with Crippen LogP contribution in [0.25, 0.3) is 0 Å². The van der Waals surface area contributed by atoms with Gasteiger partial charge in [0.2, 0.25) is 0 Å². The third kappa shape index (κ3) is 2.43. The number of rotatable bonds is 3. The lowest BCUT2D eigenvalue weighted by Gasteiger charge is -2.30. The first-order valence-corrected chi connectivity index (χ1v) is 7.06. The predicted molar refractivity (Wildman–Crippen MR) is 67.3 cm³/mol. The highest BCUT2D eigenvalue weighted by Crippen LogP contribution is 2.37. The maximum absolute atomic E-state index is 6.37. The Morgan fingerprint density at radius 3 is 2.69 bits per heavy atom. The van der Waals surface area contributed by atoms with Crippen molar-refractivity contribution < 1.29 is 0 Å². The molecule has 4 heteroatoms. The molecule has 1 unspecified atom stereocenters. The van der Waals surface area contributed by atoms with Gasteiger partial charge in [-0.15, -0.1) is 5.10 Å². The summed E-state index contributed by atoms with van der Waals surface area (Å²) >= 11 is 1.49. The molecule has 16 heavy (non-hydrogen) atoms. The zero-order valence-corrected chi connectivity index (χ0v) is 11.0. The van der Waals surface area contributed by atoms with Crippen LogP contribution in [0.15, 0.2) is 0 Å². The van der Waals surface area contributed by atoms with E-state index in [1.54, 1.807) is 0 Å². The molecule has 0 bridgehead atoms. The molecule has 0 radical (unpaired) electrons. The Labute approximate surface area is 102 Å². The lowest BCUT2D eigenvalue weighted by Crippen LogP contribution is -2.25. The summed E-state index contributed by atoms with van der Waals surface area (Å²) in [6.45, 7) is 4.46. The standard InChI is InChI=1S/C12H21N3S/c1-3-10-12(16-15-14-10)11(13)9-6-4-8(2)5-7-9/h8-9,11H,3-7,13H2,1-2H3. The fourth-order valence-corrected chi connectivity index (χ4v) is 3.40. The molecule has 0 aliphatic heterocycles. The van der Waals surface area contributed by atoms with Crippen LogP contribution < -0.4 is 5.73 Å². The summed E-state index contributed by atoms with van der Waals surface area (Å²) in [6, 6.07) is 0.169. The van der Waals surface area contributed by atoms with Crippen LogP contribution in [0.5, 0.6) is 0 Å². The molecule has 3 nitrogen and oxygen atoms in total. The van der Waals surface area contributed by atoms with Gasteiger partial charge >= 0.3 is 0 Å². The normalized spacial score (nSPS) is 27.9. The summed E-state index contributed by atoms with van der Waals surface area (Å²) in [5.74, 6) is 1.53. The van der Waals surface area contributed by atoms with E-state index in [-0.39, 0.29) is 6.04 Å². The van der Waals surface area contributed by atoms with E-state index in [0.717, 1.165) is 18.0 Å². The fraction of sp³-hybridized carbons (Fsp3) is 0.833. The number of nitrogens with two attached hydrogens (primary N) is 1. The summed E-state index contributed by atoms with van der Waals surface area (Å²) in [6.07, 6.45) is 6.13. The maximum atomic E-state index is 6.37. The molecule has 2 rings (SSSR count). The molecule has 2 N–H and O–H groups in total. The summed E-state index contributed by atoms with van der Waals surface area (Å²) in [7, 11) is 0. The van der Waals surface area contributed by atoms with E-state index in [1.165, 1.54) is 42.1 Å². The van der Waals surface area contributed by atoms with Crippen LogP contribution in [0.3, 0.4) is 0 Å². The Balaban J connectivity index is 2.04. The molecule has 1 fully saturated rings. The molecule has 0 aromatic carbocycles. The maximum Gasteiger partial charge on any atom is 0.0801 e. The number of nitrogens with zero attached hydrogens (tertiary/aromatic N) is 2. The van der Waals surface area contributed by atoms with Crippen molar-refractivity contribution in [1.82, 2.24) is 9.59 Å². The first-order valence-electron chi connectivity index (χ1n) is 6.29. The van der Waals surface area contributed by atoms with Crippen molar-refractivity contribution >= 4 is 11.5 Å².